The van der Waals surface area contributed by atoms with Crippen LogP contribution in [-0.4, -0.2) is 39.8 Å². The van der Waals surface area contributed by atoms with Gasteiger partial charge in [-0.3, -0.25) is 9.59 Å². The second-order valence-electron chi connectivity index (χ2n) is 10.2. The van der Waals surface area contributed by atoms with Gasteiger partial charge in [0.2, 0.25) is 5.95 Å². The first-order chi connectivity index (χ1) is 19.0. The number of nitrogens with one attached hydrogen (secondary N) is 2. The molecular formula is C31H31N5O2S. The van der Waals surface area contributed by atoms with Crippen molar-refractivity contribution in [3.63, 3.8) is 0 Å². The van der Waals surface area contributed by atoms with Crippen LogP contribution in [0.5, 0.6) is 0 Å². The highest BCUT2D eigenvalue weighted by Crippen LogP contribution is 2.32. The monoisotopic (exact) mass is 537 g/mol. The smallest absolute Gasteiger partial charge is 0.265 e. The molecule has 3 heterocycles. The molecule has 1 aliphatic carbocycles. The summed E-state index contributed by atoms with van der Waals surface area (Å²) in [6, 6.07) is 17.2. The van der Waals surface area contributed by atoms with Crippen molar-refractivity contribution in [2.75, 3.05) is 23.7 Å². The number of hydrogen-bond donors (Lipinski definition) is 2. The Labute approximate surface area is 232 Å². The molecule has 198 valence electrons. The molecule has 2 aromatic heterocycles. The predicted octanol–water partition coefficient (Wildman–Crippen LogP) is 6.62. The fourth-order valence-corrected chi connectivity index (χ4v) is 6.48. The van der Waals surface area contributed by atoms with Gasteiger partial charge in [0.05, 0.1) is 10.6 Å². The molecule has 1 aliphatic heterocycles. The van der Waals surface area contributed by atoms with E-state index in [2.05, 4.69) is 21.7 Å². The number of amides is 2. The van der Waals surface area contributed by atoms with Crippen molar-refractivity contribution in [3.05, 3.63) is 87.2 Å². The molecule has 0 bridgehead atoms. The van der Waals surface area contributed by atoms with Crippen LogP contribution in [0.2, 0.25) is 0 Å². The van der Waals surface area contributed by atoms with Crippen LogP contribution in [0.25, 0.3) is 11.3 Å². The molecule has 4 aromatic rings. The maximum absolute atomic E-state index is 13.1. The zero-order valence-corrected chi connectivity index (χ0v) is 22.8. The molecule has 7 nitrogen and oxygen atoms in total. The number of anilines is 3. The molecule has 0 spiro atoms. The number of carbonyl (C=O) groups excluding carboxylic acids is 2. The van der Waals surface area contributed by atoms with Crippen molar-refractivity contribution in [3.8, 4) is 11.3 Å². The van der Waals surface area contributed by atoms with Gasteiger partial charge in [0.25, 0.3) is 11.8 Å². The number of thiophene rings is 1. The van der Waals surface area contributed by atoms with Crippen molar-refractivity contribution in [1.29, 1.82) is 0 Å². The Hall–Kier alpha value is -4.04. The quantitative estimate of drug-likeness (QED) is 0.288. The largest absolute Gasteiger partial charge is 0.339 e. The van der Waals surface area contributed by atoms with Crippen molar-refractivity contribution in [2.24, 2.45) is 0 Å². The number of fused-ring (bicyclic) bond motifs is 1. The van der Waals surface area contributed by atoms with Crippen LogP contribution in [-0.2, 0) is 12.8 Å². The van der Waals surface area contributed by atoms with Crippen LogP contribution in [0.3, 0.4) is 0 Å². The number of aromatic nitrogens is 2. The molecule has 2 aliphatic rings. The summed E-state index contributed by atoms with van der Waals surface area (Å²) in [5.41, 5.74) is 6.23. The molecule has 0 radical (unpaired) electrons. The second-order valence-corrected chi connectivity index (χ2v) is 11.3. The van der Waals surface area contributed by atoms with Crippen molar-refractivity contribution >= 4 is 40.5 Å². The number of carbonyl (C=O) groups is 2. The van der Waals surface area contributed by atoms with Crippen LogP contribution < -0.4 is 10.6 Å². The van der Waals surface area contributed by atoms with Gasteiger partial charge >= 0.3 is 0 Å². The molecule has 8 heteroatoms. The molecule has 39 heavy (non-hydrogen) atoms. The minimum absolute atomic E-state index is 0.0636. The number of benzene rings is 2. The van der Waals surface area contributed by atoms with E-state index in [1.807, 2.05) is 60.4 Å². The first-order valence-electron chi connectivity index (χ1n) is 13.6. The van der Waals surface area contributed by atoms with E-state index in [0.717, 1.165) is 71.8 Å². The van der Waals surface area contributed by atoms with Gasteiger partial charge in [0, 0.05) is 46.7 Å². The molecule has 2 amide bonds. The molecule has 0 atom stereocenters. The van der Waals surface area contributed by atoms with Gasteiger partial charge in [-0.05, 0) is 99.0 Å². The lowest BCUT2D eigenvalue weighted by Gasteiger charge is -2.15. The normalized spacial score (nSPS) is 14.6. The molecule has 6 rings (SSSR count). The summed E-state index contributed by atoms with van der Waals surface area (Å²) in [5, 5.41) is 6.36. The zero-order chi connectivity index (χ0) is 26.8. The maximum atomic E-state index is 13.1. The van der Waals surface area contributed by atoms with Gasteiger partial charge in [-0.25, -0.2) is 9.97 Å². The lowest BCUT2D eigenvalue weighted by molar-refractivity contribution is 0.0792. The van der Waals surface area contributed by atoms with Crippen molar-refractivity contribution < 1.29 is 9.59 Å². The fraction of sp³-hybridized carbons (Fsp3) is 0.290. The Morgan fingerprint density at radius 3 is 2.54 bits per heavy atom. The van der Waals surface area contributed by atoms with E-state index in [1.165, 1.54) is 23.3 Å². The Kier molecular flexibility index (Phi) is 7.11. The van der Waals surface area contributed by atoms with Crippen LogP contribution >= 0.6 is 11.3 Å². The number of hydrogen-bond acceptors (Lipinski definition) is 6. The van der Waals surface area contributed by atoms with E-state index in [-0.39, 0.29) is 11.8 Å². The average molecular weight is 538 g/mol. The summed E-state index contributed by atoms with van der Waals surface area (Å²) in [6.07, 6.45) is 8.41. The highest BCUT2D eigenvalue weighted by Gasteiger charge is 2.20. The van der Waals surface area contributed by atoms with Gasteiger partial charge in [0.15, 0.2) is 0 Å². The Morgan fingerprint density at radius 1 is 0.949 bits per heavy atom. The lowest BCUT2D eigenvalue weighted by atomic mass is 9.99. The summed E-state index contributed by atoms with van der Waals surface area (Å²) in [4.78, 5) is 38.8. The molecule has 2 N–H and O–H groups in total. The third kappa shape index (κ3) is 5.43. The first kappa shape index (κ1) is 25.2. The number of rotatable bonds is 6. The predicted molar refractivity (Wildman–Crippen MR) is 156 cm³/mol. The third-order valence-corrected chi connectivity index (χ3v) is 8.75. The second kappa shape index (κ2) is 11.0. The lowest BCUT2D eigenvalue weighted by Crippen LogP contribution is -2.27. The molecular weight excluding hydrogens is 506 g/mol. The topological polar surface area (TPSA) is 87.2 Å². The minimum Gasteiger partial charge on any atom is -0.339 e. The highest BCUT2D eigenvalue weighted by atomic mass is 32.1. The first-order valence-corrected chi connectivity index (χ1v) is 14.4. The summed E-state index contributed by atoms with van der Waals surface area (Å²) >= 11 is 1.62. The Bertz CT molecular complexity index is 1500. The average Bonchev–Trinajstić information content (AvgIpc) is 3.65. The molecule has 1 fully saturated rings. The van der Waals surface area contributed by atoms with E-state index in [1.54, 1.807) is 17.5 Å². The van der Waals surface area contributed by atoms with Crippen LogP contribution in [0, 0.1) is 6.92 Å². The van der Waals surface area contributed by atoms with Crippen LogP contribution in [0.15, 0.2) is 60.8 Å². The van der Waals surface area contributed by atoms with E-state index in [9.17, 15) is 9.59 Å². The molecule has 0 unspecified atom stereocenters. The zero-order valence-electron chi connectivity index (χ0n) is 22.0. The van der Waals surface area contributed by atoms with E-state index in [4.69, 9.17) is 4.98 Å². The summed E-state index contributed by atoms with van der Waals surface area (Å²) in [5.74, 6) is 0.480. The maximum Gasteiger partial charge on any atom is 0.265 e. The van der Waals surface area contributed by atoms with Crippen molar-refractivity contribution in [1.82, 2.24) is 14.9 Å². The number of aryl methyl sites for hydroxylation is 2. The van der Waals surface area contributed by atoms with Gasteiger partial charge in [-0.1, -0.05) is 12.1 Å². The van der Waals surface area contributed by atoms with E-state index < -0.39 is 0 Å². The molecule has 0 saturated carbocycles. The van der Waals surface area contributed by atoms with Gasteiger partial charge in [0.1, 0.15) is 0 Å². The van der Waals surface area contributed by atoms with Gasteiger partial charge < -0.3 is 15.5 Å². The standard InChI is InChI=1S/C31H31N5O2S/c1-20-24(8-6-9-25(20)34-29(37)28-19-22-7-2-3-10-27(22)39-28)26-15-16-32-31(35-26)33-23-13-11-21(12-14-23)30(38)36-17-4-5-18-36/h6,8-9,11-16,19H,2-5,7,10,17-18H2,1H3,(H,34,37)(H,32,33,35). The number of likely N-dealkylation sites (tertiary alicyclic amines) is 1. The van der Waals surface area contributed by atoms with Gasteiger partial charge in [-0.15, -0.1) is 11.3 Å². The van der Waals surface area contributed by atoms with Crippen LogP contribution in [0.1, 0.15) is 61.7 Å². The fourth-order valence-electron chi connectivity index (χ4n) is 5.33. The van der Waals surface area contributed by atoms with E-state index in [0.29, 0.717) is 11.5 Å². The summed E-state index contributed by atoms with van der Waals surface area (Å²) < 4.78 is 0. The minimum atomic E-state index is -0.0636. The molecule has 1 saturated heterocycles. The SMILES string of the molecule is Cc1c(NC(=O)c2cc3c(s2)CCCC3)cccc1-c1ccnc(Nc2ccc(C(=O)N3CCCC3)cc2)n1. The van der Waals surface area contributed by atoms with E-state index >= 15 is 0 Å². The summed E-state index contributed by atoms with van der Waals surface area (Å²) in [7, 11) is 0. The summed E-state index contributed by atoms with van der Waals surface area (Å²) in [6.45, 7) is 3.66. The van der Waals surface area contributed by atoms with Gasteiger partial charge in [-0.2, -0.15) is 0 Å². The number of nitrogens with zero attached hydrogens (tertiary/aromatic N) is 3. The Morgan fingerprint density at radius 2 is 1.74 bits per heavy atom. The third-order valence-electron chi connectivity index (χ3n) is 7.52. The van der Waals surface area contributed by atoms with Crippen molar-refractivity contribution in [2.45, 2.75) is 45.4 Å². The highest BCUT2D eigenvalue weighted by molar-refractivity contribution is 7.14. The Balaban J connectivity index is 1.17. The van der Waals surface area contributed by atoms with Crippen LogP contribution in [0.4, 0.5) is 17.3 Å². The molecule has 2 aromatic carbocycles.